The van der Waals surface area contributed by atoms with Gasteiger partial charge in [-0.2, -0.15) is 5.26 Å². The summed E-state index contributed by atoms with van der Waals surface area (Å²) in [5.41, 5.74) is 4.80. The highest BCUT2D eigenvalue weighted by Crippen LogP contribution is 2.35. The van der Waals surface area contributed by atoms with Crippen molar-refractivity contribution in [2.75, 3.05) is 5.32 Å². The Kier molecular flexibility index (Phi) is 6.63. The Morgan fingerprint density at radius 2 is 2.03 bits per heavy atom. The monoisotopic (exact) mass is 428 g/mol. The van der Waals surface area contributed by atoms with Crippen LogP contribution in [0.15, 0.2) is 66.0 Å². The summed E-state index contributed by atoms with van der Waals surface area (Å²) in [6, 6.07) is 18.3. The number of amides is 1. The summed E-state index contributed by atoms with van der Waals surface area (Å²) in [6.07, 6.45) is 6.75. The predicted molar refractivity (Wildman–Crippen MR) is 123 cm³/mol. The van der Waals surface area contributed by atoms with Crippen LogP contribution in [0.4, 0.5) is 5.69 Å². The van der Waals surface area contributed by atoms with Crippen LogP contribution in [-0.2, 0) is 17.6 Å². The van der Waals surface area contributed by atoms with Crippen molar-refractivity contribution in [3.8, 4) is 6.07 Å². The van der Waals surface area contributed by atoms with E-state index in [-0.39, 0.29) is 11.2 Å². The second-order valence-electron chi connectivity index (χ2n) is 7.65. The molecule has 0 spiro atoms. The molecule has 0 radical (unpaired) electrons. The fourth-order valence-electron chi connectivity index (χ4n) is 3.94. The second-order valence-corrected chi connectivity index (χ2v) is 8.84. The van der Waals surface area contributed by atoms with Crippen LogP contribution in [-0.4, -0.2) is 21.1 Å². The highest BCUT2D eigenvalue weighted by atomic mass is 32.2. The van der Waals surface area contributed by atoms with Crippen LogP contribution in [0.25, 0.3) is 0 Å². The number of nitrogens with one attached hydrogen (secondary N) is 1. The lowest BCUT2D eigenvalue weighted by atomic mass is 9.82. The summed E-state index contributed by atoms with van der Waals surface area (Å²) in [6.45, 7) is 1.97. The van der Waals surface area contributed by atoms with Gasteiger partial charge in [0.05, 0.1) is 10.8 Å². The molecular formula is C25H24N4OS. The number of pyridine rings is 2. The number of carbonyl (C=O) groups is 1. The number of nitriles is 1. The third-order valence-corrected chi connectivity index (χ3v) is 6.97. The van der Waals surface area contributed by atoms with Gasteiger partial charge in [0.15, 0.2) is 0 Å². The van der Waals surface area contributed by atoms with E-state index >= 15 is 0 Å². The maximum Gasteiger partial charge on any atom is 0.237 e. The molecule has 2 unspecified atom stereocenters. The zero-order valence-corrected chi connectivity index (χ0v) is 18.2. The lowest BCUT2D eigenvalue weighted by Crippen LogP contribution is -2.25. The van der Waals surface area contributed by atoms with E-state index < -0.39 is 0 Å². The second kappa shape index (κ2) is 9.76. The molecule has 1 aromatic carbocycles. The molecule has 4 rings (SSSR count). The number of nitrogens with zero attached hydrogens (tertiary/aromatic N) is 3. The minimum absolute atomic E-state index is 0.0914. The maximum atomic E-state index is 12.8. The standard InChI is InChI=1S/C25H24N4OS/c1-2-23(24(30)28-21-10-12-27-13-11-21)31-25-20(16-26)15-19-14-18(8-9-22(19)29-25)17-6-4-3-5-7-17/h3-7,10-13,15,18,23H,2,8-9,14H2,1H3,(H,27,28,30). The van der Waals surface area contributed by atoms with Gasteiger partial charge in [-0.3, -0.25) is 9.78 Å². The van der Waals surface area contributed by atoms with Gasteiger partial charge in [-0.05, 0) is 60.9 Å². The highest BCUT2D eigenvalue weighted by molar-refractivity contribution is 8.00. The Labute approximate surface area is 186 Å². The molecule has 31 heavy (non-hydrogen) atoms. The molecule has 1 amide bonds. The van der Waals surface area contributed by atoms with Crippen molar-refractivity contribution in [3.05, 3.63) is 83.3 Å². The molecule has 3 aromatic rings. The molecule has 0 aliphatic heterocycles. The first-order chi connectivity index (χ1) is 15.2. The van der Waals surface area contributed by atoms with Crippen molar-refractivity contribution < 1.29 is 4.79 Å². The largest absolute Gasteiger partial charge is 0.325 e. The van der Waals surface area contributed by atoms with Crippen molar-refractivity contribution in [1.29, 1.82) is 5.26 Å². The number of aryl methyl sites for hydroxylation is 1. The molecule has 1 N–H and O–H groups in total. The zero-order valence-electron chi connectivity index (χ0n) is 17.4. The Hall–Kier alpha value is -3.17. The third kappa shape index (κ3) is 4.95. The summed E-state index contributed by atoms with van der Waals surface area (Å²) in [7, 11) is 0. The van der Waals surface area contributed by atoms with Crippen LogP contribution in [0.3, 0.4) is 0 Å². The van der Waals surface area contributed by atoms with Gasteiger partial charge in [-0.1, -0.05) is 49.0 Å². The fraction of sp³-hybridized carbons (Fsp3) is 0.280. The van der Waals surface area contributed by atoms with Gasteiger partial charge < -0.3 is 5.32 Å². The minimum Gasteiger partial charge on any atom is -0.325 e. The number of aromatic nitrogens is 2. The van der Waals surface area contributed by atoms with E-state index in [1.54, 1.807) is 24.5 Å². The number of benzene rings is 1. The Morgan fingerprint density at radius 1 is 1.26 bits per heavy atom. The van der Waals surface area contributed by atoms with Crippen LogP contribution in [0.2, 0.25) is 0 Å². The van der Waals surface area contributed by atoms with Gasteiger partial charge in [0.2, 0.25) is 5.91 Å². The number of carbonyl (C=O) groups excluding carboxylic acids is 1. The minimum atomic E-state index is -0.327. The molecule has 2 aromatic heterocycles. The van der Waals surface area contributed by atoms with E-state index in [4.69, 9.17) is 4.98 Å². The van der Waals surface area contributed by atoms with Gasteiger partial charge in [0.1, 0.15) is 11.1 Å². The number of fused-ring (bicyclic) bond motifs is 1. The highest BCUT2D eigenvalue weighted by Gasteiger charge is 2.25. The quantitative estimate of drug-likeness (QED) is 0.551. The summed E-state index contributed by atoms with van der Waals surface area (Å²) < 4.78 is 0. The van der Waals surface area contributed by atoms with E-state index in [1.807, 2.05) is 19.1 Å². The van der Waals surface area contributed by atoms with Gasteiger partial charge in [-0.15, -0.1) is 0 Å². The van der Waals surface area contributed by atoms with Crippen molar-refractivity contribution in [1.82, 2.24) is 9.97 Å². The van der Waals surface area contributed by atoms with Crippen LogP contribution >= 0.6 is 11.8 Å². The molecule has 5 nitrogen and oxygen atoms in total. The van der Waals surface area contributed by atoms with E-state index in [9.17, 15) is 10.1 Å². The molecule has 0 saturated carbocycles. The van der Waals surface area contributed by atoms with Crippen molar-refractivity contribution in [2.24, 2.45) is 0 Å². The predicted octanol–water partition coefficient (Wildman–Crippen LogP) is 5.13. The average Bonchev–Trinajstić information content (AvgIpc) is 2.82. The molecule has 1 aliphatic rings. The van der Waals surface area contributed by atoms with Crippen LogP contribution in [0.1, 0.15) is 48.1 Å². The summed E-state index contributed by atoms with van der Waals surface area (Å²) in [5, 5.41) is 13.0. The van der Waals surface area contributed by atoms with Crippen LogP contribution in [0.5, 0.6) is 0 Å². The first-order valence-corrected chi connectivity index (χ1v) is 11.4. The van der Waals surface area contributed by atoms with E-state index in [2.05, 4.69) is 40.6 Å². The number of hydrogen-bond donors (Lipinski definition) is 1. The van der Waals surface area contributed by atoms with Crippen LogP contribution in [0, 0.1) is 11.3 Å². The number of rotatable bonds is 6. The maximum absolute atomic E-state index is 12.8. The van der Waals surface area contributed by atoms with Crippen molar-refractivity contribution >= 4 is 23.4 Å². The van der Waals surface area contributed by atoms with E-state index in [0.717, 1.165) is 30.5 Å². The topological polar surface area (TPSA) is 78.7 Å². The third-order valence-electron chi connectivity index (χ3n) is 5.61. The van der Waals surface area contributed by atoms with Gasteiger partial charge in [-0.25, -0.2) is 4.98 Å². The molecular weight excluding hydrogens is 404 g/mol. The Balaban J connectivity index is 1.53. The number of anilines is 1. The molecule has 0 fully saturated rings. The smallest absolute Gasteiger partial charge is 0.237 e. The molecule has 156 valence electrons. The zero-order chi connectivity index (χ0) is 21.6. The summed E-state index contributed by atoms with van der Waals surface area (Å²) >= 11 is 1.38. The van der Waals surface area contributed by atoms with Gasteiger partial charge in [0, 0.05) is 23.8 Å². The molecule has 1 aliphatic carbocycles. The molecule has 0 bridgehead atoms. The molecule has 6 heteroatoms. The average molecular weight is 429 g/mol. The lowest BCUT2D eigenvalue weighted by molar-refractivity contribution is -0.115. The van der Waals surface area contributed by atoms with Gasteiger partial charge >= 0.3 is 0 Å². The Bertz CT molecular complexity index is 1100. The first-order valence-electron chi connectivity index (χ1n) is 10.5. The fourth-order valence-corrected chi connectivity index (χ4v) is 4.94. The summed E-state index contributed by atoms with van der Waals surface area (Å²) in [5.74, 6) is 0.362. The SMILES string of the molecule is CCC(Sc1nc2c(cc1C#N)CC(c1ccccc1)CC2)C(=O)Nc1ccncc1. The summed E-state index contributed by atoms with van der Waals surface area (Å²) in [4.78, 5) is 21.6. The van der Waals surface area contributed by atoms with Crippen molar-refractivity contribution in [2.45, 2.75) is 48.8 Å². The molecule has 2 heterocycles. The van der Waals surface area contributed by atoms with Crippen molar-refractivity contribution in [3.63, 3.8) is 0 Å². The molecule has 0 saturated heterocycles. The lowest BCUT2D eigenvalue weighted by Gasteiger charge is -2.25. The first kappa shape index (κ1) is 21.1. The van der Waals surface area contributed by atoms with E-state index in [1.165, 1.54) is 17.3 Å². The number of hydrogen-bond acceptors (Lipinski definition) is 5. The normalized spacial score (nSPS) is 16.1. The van der Waals surface area contributed by atoms with Gasteiger partial charge in [0.25, 0.3) is 0 Å². The number of thioether (sulfide) groups is 1. The Morgan fingerprint density at radius 3 is 2.74 bits per heavy atom. The molecule has 2 atom stereocenters. The van der Waals surface area contributed by atoms with E-state index in [0.29, 0.717) is 28.6 Å². The van der Waals surface area contributed by atoms with Crippen LogP contribution < -0.4 is 5.32 Å².